The summed E-state index contributed by atoms with van der Waals surface area (Å²) in [6, 6.07) is 0. The van der Waals surface area contributed by atoms with Crippen molar-refractivity contribution in [1.29, 1.82) is 0 Å². The number of hydrogen-bond donors (Lipinski definition) is 0. The summed E-state index contributed by atoms with van der Waals surface area (Å²) < 4.78 is 0. The van der Waals surface area contributed by atoms with Crippen LogP contribution >= 0.6 is 0 Å². The van der Waals surface area contributed by atoms with Gasteiger partial charge in [0.15, 0.2) is 0 Å². The van der Waals surface area contributed by atoms with E-state index in [1.807, 2.05) is 13.8 Å². The van der Waals surface area contributed by atoms with Gasteiger partial charge in [0, 0.05) is 6.54 Å². The molecule has 0 unspecified atom stereocenters. The molecular weight excluding hydrogens is 134 g/mol. The van der Waals surface area contributed by atoms with Gasteiger partial charge in [-0.2, -0.15) is 0 Å². The molecule has 1 aliphatic heterocycles. The van der Waals surface area contributed by atoms with Crippen LogP contribution in [0.1, 0.15) is 39.5 Å². The van der Waals surface area contributed by atoms with E-state index in [0.29, 0.717) is 0 Å². The molecule has 2 aliphatic rings. The fraction of sp³-hybridized carbons (Fsp3) is 1.00. The van der Waals surface area contributed by atoms with E-state index in [1.165, 1.54) is 38.8 Å². The Bertz CT molecular complexity index is 116. The second kappa shape index (κ2) is 3.57. The van der Waals surface area contributed by atoms with E-state index < -0.39 is 0 Å². The number of nitrogens with zero attached hydrogens (tertiary/aromatic N) is 1. The summed E-state index contributed by atoms with van der Waals surface area (Å²) in [7, 11) is 2.24. The molecule has 0 atom stereocenters. The van der Waals surface area contributed by atoms with Crippen LogP contribution in [0.15, 0.2) is 0 Å². The van der Waals surface area contributed by atoms with Gasteiger partial charge in [-0.3, -0.25) is 0 Å². The fourth-order valence-electron chi connectivity index (χ4n) is 2.24. The van der Waals surface area contributed by atoms with Gasteiger partial charge in [0.25, 0.3) is 0 Å². The number of rotatable bonds is 0. The second-order valence-corrected chi connectivity index (χ2v) is 3.84. The zero-order valence-corrected chi connectivity index (χ0v) is 8.19. The van der Waals surface area contributed by atoms with Gasteiger partial charge in [-0.25, -0.2) is 0 Å². The zero-order valence-electron chi connectivity index (χ0n) is 8.19. The van der Waals surface area contributed by atoms with E-state index in [2.05, 4.69) is 11.9 Å². The van der Waals surface area contributed by atoms with E-state index in [9.17, 15) is 0 Å². The second-order valence-electron chi connectivity index (χ2n) is 3.84. The van der Waals surface area contributed by atoms with Gasteiger partial charge in [0.2, 0.25) is 0 Å². The Hall–Kier alpha value is -0.0400. The van der Waals surface area contributed by atoms with Crippen LogP contribution in [0.3, 0.4) is 0 Å². The number of likely N-dealkylation sites (tertiary alicyclic amines) is 1. The summed E-state index contributed by atoms with van der Waals surface area (Å²) in [5.41, 5.74) is 0.814. The summed E-state index contributed by atoms with van der Waals surface area (Å²) in [5.74, 6) is 0. The molecule has 11 heavy (non-hydrogen) atoms. The Morgan fingerprint density at radius 3 is 1.91 bits per heavy atom. The van der Waals surface area contributed by atoms with Gasteiger partial charge in [0.1, 0.15) is 0 Å². The van der Waals surface area contributed by atoms with E-state index in [1.54, 1.807) is 0 Å². The van der Waals surface area contributed by atoms with Crippen LogP contribution in [0.25, 0.3) is 0 Å². The molecule has 1 spiro atoms. The average Bonchev–Trinajstić information content (AvgIpc) is 2.35. The maximum Gasteiger partial charge on any atom is 0.00354 e. The lowest BCUT2D eigenvalue weighted by Gasteiger charge is -2.37. The largest absolute Gasteiger partial charge is 0.306 e. The molecule has 2 rings (SSSR count). The maximum absolute atomic E-state index is 2.47. The fourth-order valence-corrected chi connectivity index (χ4v) is 2.24. The van der Waals surface area contributed by atoms with Crippen LogP contribution in [0.2, 0.25) is 0 Å². The highest BCUT2D eigenvalue weighted by Crippen LogP contribution is 2.47. The first-order valence-electron chi connectivity index (χ1n) is 4.99. The van der Waals surface area contributed by atoms with Crippen molar-refractivity contribution in [3.05, 3.63) is 0 Å². The highest BCUT2D eigenvalue weighted by atomic mass is 15.1. The van der Waals surface area contributed by atoms with Crippen molar-refractivity contribution in [3.63, 3.8) is 0 Å². The highest BCUT2D eigenvalue weighted by Gasteiger charge is 2.41. The van der Waals surface area contributed by atoms with Crippen LogP contribution in [0, 0.1) is 5.41 Å². The first-order valence-corrected chi connectivity index (χ1v) is 4.99. The zero-order chi connectivity index (χ0) is 8.32. The first kappa shape index (κ1) is 9.05. The Morgan fingerprint density at radius 1 is 1.09 bits per heavy atom. The normalized spacial score (nSPS) is 27.5. The van der Waals surface area contributed by atoms with Crippen LogP contribution in [-0.2, 0) is 0 Å². The smallest absolute Gasteiger partial charge is 0.00354 e. The predicted octanol–water partition coefficient (Wildman–Crippen LogP) is 2.52. The molecule has 0 aromatic rings. The third-order valence-corrected chi connectivity index (χ3v) is 3.04. The van der Waals surface area contributed by atoms with Gasteiger partial charge >= 0.3 is 0 Å². The molecule has 0 aromatic carbocycles. The van der Waals surface area contributed by atoms with Gasteiger partial charge in [0.05, 0.1) is 0 Å². The van der Waals surface area contributed by atoms with E-state index in [4.69, 9.17) is 0 Å². The molecule has 66 valence electrons. The molecule has 1 nitrogen and oxygen atoms in total. The Kier molecular flexibility index (Phi) is 2.94. The molecule has 0 N–H and O–H groups in total. The molecule has 1 saturated carbocycles. The molecule has 1 heterocycles. The molecular formula is C10H21N. The summed E-state index contributed by atoms with van der Waals surface area (Å²) in [6.07, 6.45) is 5.99. The topological polar surface area (TPSA) is 3.24 Å². The molecule has 0 radical (unpaired) electrons. The lowest BCUT2D eigenvalue weighted by Crippen LogP contribution is -2.31. The monoisotopic (exact) mass is 155 g/mol. The standard InChI is InChI=1S/C8H15N.C2H6/c1-9-6-5-8(7-9)3-2-4-8;1-2/h2-7H2,1H3;1-2H3. The van der Waals surface area contributed by atoms with Gasteiger partial charge in [-0.15, -0.1) is 0 Å². The van der Waals surface area contributed by atoms with Crippen molar-refractivity contribution in [2.75, 3.05) is 20.1 Å². The van der Waals surface area contributed by atoms with Crippen LogP contribution in [0.4, 0.5) is 0 Å². The summed E-state index contributed by atoms with van der Waals surface area (Å²) in [4.78, 5) is 2.47. The molecule has 0 bridgehead atoms. The lowest BCUT2D eigenvalue weighted by molar-refractivity contribution is 0.145. The lowest BCUT2D eigenvalue weighted by atomic mass is 9.68. The third kappa shape index (κ3) is 1.76. The van der Waals surface area contributed by atoms with Gasteiger partial charge in [-0.1, -0.05) is 20.3 Å². The Labute approximate surface area is 70.8 Å². The minimum absolute atomic E-state index is 0.814. The highest BCUT2D eigenvalue weighted by molar-refractivity contribution is 4.94. The molecule has 1 heteroatoms. The molecule has 0 amide bonds. The first-order chi connectivity index (χ1) is 5.31. The van der Waals surface area contributed by atoms with Gasteiger partial charge in [-0.05, 0) is 38.3 Å². The summed E-state index contributed by atoms with van der Waals surface area (Å²) in [6.45, 7) is 6.73. The van der Waals surface area contributed by atoms with Crippen molar-refractivity contribution in [3.8, 4) is 0 Å². The molecule has 1 saturated heterocycles. The SMILES string of the molecule is CC.CN1CCC2(CCC2)C1. The van der Waals surface area contributed by atoms with E-state index in [-0.39, 0.29) is 0 Å². The Balaban J connectivity index is 0.000000281. The third-order valence-electron chi connectivity index (χ3n) is 3.04. The van der Waals surface area contributed by atoms with Crippen molar-refractivity contribution in [2.45, 2.75) is 39.5 Å². The van der Waals surface area contributed by atoms with Crippen molar-refractivity contribution < 1.29 is 0 Å². The minimum Gasteiger partial charge on any atom is -0.306 e. The summed E-state index contributed by atoms with van der Waals surface area (Å²) >= 11 is 0. The van der Waals surface area contributed by atoms with Crippen molar-refractivity contribution >= 4 is 0 Å². The summed E-state index contributed by atoms with van der Waals surface area (Å²) in [5, 5.41) is 0. The molecule has 2 fully saturated rings. The molecule has 1 aliphatic carbocycles. The minimum atomic E-state index is 0.814. The van der Waals surface area contributed by atoms with Crippen molar-refractivity contribution in [2.24, 2.45) is 5.41 Å². The number of hydrogen-bond acceptors (Lipinski definition) is 1. The van der Waals surface area contributed by atoms with E-state index in [0.717, 1.165) is 5.41 Å². The predicted molar refractivity (Wildman–Crippen MR) is 49.7 cm³/mol. The van der Waals surface area contributed by atoms with Crippen LogP contribution < -0.4 is 0 Å². The Morgan fingerprint density at radius 2 is 1.73 bits per heavy atom. The van der Waals surface area contributed by atoms with Crippen LogP contribution in [0.5, 0.6) is 0 Å². The molecule has 0 aromatic heterocycles. The van der Waals surface area contributed by atoms with Gasteiger partial charge < -0.3 is 4.90 Å². The quantitative estimate of drug-likeness (QED) is 0.519. The van der Waals surface area contributed by atoms with Crippen LogP contribution in [-0.4, -0.2) is 25.0 Å². The average molecular weight is 155 g/mol. The van der Waals surface area contributed by atoms with E-state index >= 15 is 0 Å². The maximum atomic E-state index is 2.47. The van der Waals surface area contributed by atoms with Crippen molar-refractivity contribution in [1.82, 2.24) is 4.90 Å².